The van der Waals surface area contributed by atoms with Gasteiger partial charge in [-0.2, -0.15) is 0 Å². The van der Waals surface area contributed by atoms with Gasteiger partial charge in [-0.3, -0.25) is 9.98 Å². The van der Waals surface area contributed by atoms with E-state index in [0.717, 1.165) is 43.8 Å². The standard InChI is InChI=1S/C42H38Cl2N2O2/c1-41(2,3)33-21-29(43)19-27(39(33)47)23-45-35-17-15-25-11-7-9-13-31(25)37(35)38-32-14-10-8-12-26(32)16-18-36(38)46-24-28-20-30(44)22-34(40(28)48)42(4,5)6/h7-24,47-48H,1-6H3. The summed E-state index contributed by atoms with van der Waals surface area (Å²) in [7, 11) is 0. The molecule has 6 rings (SSSR count). The topological polar surface area (TPSA) is 65.2 Å². The first-order valence-electron chi connectivity index (χ1n) is 15.9. The number of aromatic hydroxyl groups is 2. The van der Waals surface area contributed by atoms with Crippen molar-refractivity contribution in [3.05, 3.63) is 129 Å². The fraction of sp³-hybridized carbons (Fsp3) is 0.190. The molecule has 6 aromatic carbocycles. The molecule has 242 valence electrons. The Bertz CT molecular complexity index is 2100. The summed E-state index contributed by atoms with van der Waals surface area (Å²) in [6.07, 6.45) is 3.35. The molecule has 0 aliphatic rings. The number of aliphatic imine (C=N–C) groups is 2. The number of fused-ring (bicyclic) bond motifs is 2. The molecule has 6 aromatic rings. The van der Waals surface area contributed by atoms with Crippen molar-refractivity contribution in [2.24, 2.45) is 9.98 Å². The average molecular weight is 674 g/mol. The molecule has 0 spiro atoms. The first-order valence-corrected chi connectivity index (χ1v) is 16.7. The van der Waals surface area contributed by atoms with E-state index in [2.05, 4.69) is 36.4 Å². The molecular formula is C42H38Cl2N2O2. The largest absolute Gasteiger partial charge is 0.507 e. The molecule has 4 nitrogen and oxygen atoms in total. The van der Waals surface area contributed by atoms with Gasteiger partial charge in [0.25, 0.3) is 0 Å². The van der Waals surface area contributed by atoms with E-state index in [1.165, 1.54) is 0 Å². The third kappa shape index (κ3) is 6.56. The molecule has 0 radical (unpaired) electrons. The van der Waals surface area contributed by atoms with Crippen LogP contribution in [0.1, 0.15) is 63.8 Å². The molecule has 0 saturated carbocycles. The van der Waals surface area contributed by atoms with E-state index < -0.39 is 0 Å². The normalized spacial score (nSPS) is 12.6. The number of phenols is 2. The summed E-state index contributed by atoms with van der Waals surface area (Å²) < 4.78 is 0. The molecule has 0 heterocycles. The summed E-state index contributed by atoms with van der Waals surface area (Å²) in [6.45, 7) is 12.2. The van der Waals surface area contributed by atoms with E-state index >= 15 is 0 Å². The Morgan fingerprint density at radius 2 is 0.896 bits per heavy atom. The Hall–Kier alpha value is -4.64. The Labute approximate surface area is 292 Å². The number of hydrogen-bond acceptors (Lipinski definition) is 4. The number of benzene rings is 6. The Kier molecular flexibility index (Phi) is 8.84. The second kappa shape index (κ2) is 12.8. The molecule has 0 unspecified atom stereocenters. The number of nitrogens with zero attached hydrogens (tertiary/aromatic N) is 2. The number of halogens is 2. The highest BCUT2D eigenvalue weighted by molar-refractivity contribution is 6.31. The SMILES string of the molecule is CC(C)(C)c1cc(Cl)cc(C=Nc2ccc3ccccc3c2-c2c(N=Cc3cc(Cl)cc(C(C)(C)C)c3O)ccc3ccccc23)c1O. The Balaban J connectivity index is 1.61. The van der Waals surface area contributed by atoms with Crippen molar-refractivity contribution in [1.82, 2.24) is 0 Å². The molecule has 0 aromatic heterocycles. The fourth-order valence-electron chi connectivity index (χ4n) is 6.12. The lowest BCUT2D eigenvalue weighted by atomic mass is 9.85. The predicted octanol–water partition coefficient (Wildman–Crippen LogP) is 12.5. The maximum Gasteiger partial charge on any atom is 0.128 e. The van der Waals surface area contributed by atoms with Gasteiger partial charge < -0.3 is 10.2 Å². The minimum Gasteiger partial charge on any atom is -0.507 e. The fourth-order valence-corrected chi connectivity index (χ4v) is 6.57. The van der Waals surface area contributed by atoms with Crippen LogP contribution in [0.25, 0.3) is 32.7 Å². The summed E-state index contributed by atoms with van der Waals surface area (Å²) in [5, 5.41) is 27.7. The first kappa shape index (κ1) is 33.3. The quantitative estimate of drug-likeness (QED) is 0.179. The van der Waals surface area contributed by atoms with E-state index in [1.54, 1.807) is 36.7 Å². The minimum absolute atomic E-state index is 0.157. The zero-order valence-corrected chi connectivity index (χ0v) is 29.4. The van der Waals surface area contributed by atoms with Crippen LogP contribution in [-0.4, -0.2) is 22.6 Å². The van der Waals surface area contributed by atoms with Gasteiger partial charge in [0, 0.05) is 55.9 Å². The van der Waals surface area contributed by atoms with Crippen LogP contribution in [-0.2, 0) is 10.8 Å². The van der Waals surface area contributed by atoms with Crippen molar-refractivity contribution < 1.29 is 10.2 Å². The zero-order chi connectivity index (χ0) is 34.4. The van der Waals surface area contributed by atoms with Crippen LogP contribution in [0, 0.1) is 0 Å². The lowest BCUT2D eigenvalue weighted by Crippen LogP contribution is -2.12. The molecule has 2 N–H and O–H groups in total. The van der Waals surface area contributed by atoms with Gasteiger partial charge in [-0.15, -0.1) is 0 Å². The van der Waals surface area contributed by atoms with Crippen LogP contribution in [0.4, 0.5) is 11.4 Å². The van der Waals surface area contributed by atoms with Gasteiger partial charge in [-0.1, -0.05) is 125 Å². The van der Waals surface area contributed by atoms with Crippen LogP contribution >= 0.6 is 23.2 Å². The van der Waals surface area contributed by atoms with E-state index in [1.807, 2.05) is 77.9 Å². The predicted molar refractivity (Wildman–Crippen MR) is 205 cm³/mol. The molecule has 0 atom stereocenters. The molecule has 0 aliphatic carbocycles. The van der Waals surface area contributed by atoms with Gasteiger partial charge in [-0.25, -0.2) is 0 Å². The third-order valence-corrected chi connectivity index (χ3v) is 9.01. The highest BCUT2D eigenvalue weighted by atomic mass is 35.5. The van der Waals surface area contributed by atoms with E-state index in [4.69, 9.17) is 33.2 Å². The second-order valence-electron chi connectivity index (χ2n) is 14.2. The Morgan fingerprint density at radius 3 is 1.27 bits per heavy atom. The van der Waals surface area contributed by atoms with E-state index in [0.29, 0.717) is 32.5 Å². The van der Waals surface area contributed by atoms with Gasteiger partial charge in [0.2, 0.25) is 0 Å². The lowest BCUT2D eigenvalue weighted by molar-refractivity contribution is 0.445. The second-order valence-corrected chi connectivity index (χ2v) is 15.0. The molecule has 6 heteroatoms. The van der Waals surface area contributed by atoms with E-state index in [-0.39, 0.29) is 22.3 Å². The molecule has 0 fully saturated rings. The maximum absolute atomic E-state index is 11.3. The van der Waals surface area contributed by atoms with Crippen LogP contribution in [0.3, 0.4) is 0 Å². The monoisotopic (exact) mass is 672 g/mol. The summed E-state index contributed by atoms with van der Waals surface area (Å²) >= 11 is 13.1. The third-order valence-electron chi connectivity index (χ3n) is 8.57. The number of hydrogen-bond donors (Lipinski definition) is 2. The summed E-state index contributed by atoms with van der Waals surface area (Å²) in [5.74, 6) is 0.314. The number of phenolic OH excluding ortho intramolecular Hbond substituents is 2. The van der Waals surface area contributed by atoms with Crippen LogP contribution in [0.2, 0.25) is 10.0 Å². The van der Waals surface area contributed by atoms with Gasteiger partial charge >= 0.3 is 0 Å². The van der Waals surface area contributed by atoms with Gasteiger partial charge in [0.15, 0.2) is 0 Å². The molecule has 0 aliphatic heterocycles. The van der Waals surface area contributed by atoms with Gasteiger partial charge in [0.05, 0.1) is 11.4 Å². The van der Waals surface area contributed by atoms with Gasteiger partial charge in [-0.05, 0) is 68.8 Å². The summed E-state index contributed by atoms with van der Waals surface area (Å²) in [6, 6.07) is 31.6. The summed E-state index contributed by atoms with van der Waals surface area (Å²) in [4.78, 5) is 10.0. The van der Waals surface area contributed by atoms with Crippen LogP contribution in [0.5, 0.6) is 11.5 Å². The molecule has 0 saturated heterocycles. The highest BCUT2D eigenvalue weighted by Gasteiger charge is 2.23. The zero-order valence-electron chi connectivity index (χ0n) is 27.9. The molecular weight excluding hydrogens is 635 g/mol. The van der Waals surface area contributed by atoms with Crippen molar-refractivity contribution in [3.8, 4) is 22.6 Å². The average Bonchev–Trinajstić information content (AvgIpc) is 3.03. The van der Waals surface area contributed by atoms with Crippen molar-refractivity contribution in [2.45, 2.75) is 52.4 Å². The van der Waals surface area contributed by atoms with Gasteiger partial charge in [0.1, 0.15) is 11.5 Å². The minimum atomic E-state index is -0.313. The highest BCUT2D eigenvalue weighted by Crippen LogP contribution is 2.46. The molecule has 48 heavy (non-hydrogen) atoms. The van der Waals surface area contributed by atoms with Crippen molar-refractivity contribution in [1.29, 1.82) is 0 Å². The molecule has 0 amide bonds. The van der Waals surface area contributed by atoms with Crippen LogP contribution in [0.15, 0.2) is 107 Å². The smallest absolute Gasteiger partial charge is 0.128 e. The van der Waals surface area contributed by atoms with Crippen LogP contribution < -0.4 is 0 Å². The van der Waals surface area contributed by atoms with E-state index in [9.17, 15) is 10.2 Å². The van der Waals surface area contributed by atoms with Crippen molar-refractivity contribution >= 4 is 68.6 Å². The summed E-state index contributed by atoms with van der Waals surface area (Å²) in [5.41, 5.74) is 5.16. The number of rotatable bonds is 5. The van der Waals surface area contributed by atoms with Crippen molar-refractivity contribution in [3.63, 3.8) is 0 Å². The van der Waals surface area contributed by atoms with Crippen molar-refractivity contribution in [2.75, 3.05) is 0 Å². The Morgan fingerprint density at radius 1 is 0.521 bits per heavy atom. The molecule has 0 bridgehead atoms. The lowest BCUT2D eigenvalue weighted by Gasteiger charge is -2.22. The maximum atomic E-state index is 11.3. The first-order chi connectivity index (χ1) is 22.7.